The van der Waals surface area contributed by atoms with Gasteiger partial charge in [-0.05, 0) is 110 Å². The topological polar surface area (TPSA) is 116 Å². The number of carbonyl (C=O) groups excluding carboxylic acids is 2. The fourth-order valence-corrected chi connectivity index (χ4v) is 9.66. The molecule has 56 heavy (non-hydrogen) atoms. The third-order valence-corrected chi connectivity index (χ3v) is 12.7. The molecule has 2 amide bonds. The summed E-state index contributed by atoms with van der Waals surface area (Å²) in [6, 6.07) is 31.5. The zero-order valence-electron chi connectivity index (χ0n) is 32.0. The second-order valence-corrected chi connectivity index (χ2v) is 17.8. The van der Waals surface area contributed by atoms with Gasteiger partial charge in [-0.2, -0.15) is 0 Å². The zero-order valence-corrected chi connectivity index (χ0v) is 32.0. The Hall–Kier alpha value is -5.90. The average molecular weight is 745 g/mol. The number of likely N-dealkylation sites (tertiary alicyclic amines) is 2. The number of rotatable bonds is 5. The van der Waals surface area contributed by atoms with Crippen LogP contribution >= 0.6 is 0 Å². The molecule has 7 aromatic rings. The van der Waals surface area contributed by atoms with E-state index in [1.165, 1.54) is 0 Å². The highest BCUT2D eigenvalue weighted by Gasteiger charge is 2.64. The lowest BCUT2D eigenvalue weighted by molar-refractivity contribution is 0.0174. The number of hydrogen-bond acceptors (Lipinski definition) is 6. The van der Waals surface area contributed by atoms with Crippen molar-refractivity contribution in [1.29, 1.82) is 0 Å². The summed E-state index contributed by atoms with van der Waals surface area (Å²) < 4.78 is 11.6. The Balaban J connectivity index is 0.865. The highest BCUT2D eigenvalue weighted by molar-refractivity contribution is 6.07. The van der Waals surface area contributed by atoms with Gasteiger partial charge in [0.1, 0.15) is 23.9 Å². The third kappa shape index (κ3) is 5.44. The number of carbonyl (C=O) groups is 2. The molecule has 4 fully saturated rings. The zero-order chi connectivity index (χ0) is 38.1. The number of fused-ring (bicyclic) bond motifs is 8. The van der Waals surface area contributed by atoms with Crippen LogP contribution in [0, 0.1) is 11.3 Å². The lowest BCUT2D eigenvalue weighted by Crippen LogP contribution is -2.38. The largest absolute Gasteiger partial charge is 0.445 e. The standard InChI is InChI=1S/C46H44N6O4/c1-45(2,3)56-44(54)52-37(22-46(4)23-38(46)52)42-48-34-17-13-29-19-27(11-15-32(29)40(34)50-42)26-10-14-31-28(18-26)12-16-33-39(31)49-41(47-33)36-21-30-20-35(30)51(36)43(53)55-24-25-8-6-5-7-9-25/h5-19,30,35-38H,20-24H2,1-4H3,(H,47,49)(H,48,50)/t30-,35-,36+,37+,38?,46?/m1/s1. The van der Waals surface area contributed by atoms with Crippen LogP contribution in [0.15, 0.2) is 91.0 Å². The predicted molar refractivity (Wildman–Crippen MR) is 216 cm³/mol. The van der Waals surface area contributed by atoms with E-state index < -0.39 is 5.60 Å². The molecule has 4 heterocycles. The Morgan fingerprint density at radius 3 is 2.00 bits per heavy atom. The summed E-state index contributed by atoms with van der Waals surface area (Å²) >= 11 is 0. The van der Waals surface area contributed by atoms with Crippen LogP contribution in [0.3, 0.4) is 0 Å². The van der Waals surface area contributed by atoms with Crippen LogP contribution in [-0.4, -0.2) is 59.6 Å². The lowest BCUT2D eigenvalue weighted by Gasteiger charge is -2.29. The summed E-state index contributed by atoms with van der Waals surface area (Å²) in [6.45, 7) is 8.26. The van der Waals surface area contributed by atoms with Gasteiger partial charge >= 0.3 is 12.2 Å². The summed E-state index contributed by atoms with van der Waals surface area (Å²) in [7, 11) is 0. The number of imidazole rings is 2. The van der Waals surface area contributed by atoms with E-state index in [0.29, 0.717) is 5.92 Å². The quantitative estimate of drug-likeness (QED) is 0.181. The number of aromatic nitrogens is 4. The third-order valence-electron chi connectivity index (χ3n) is 12.7. The van der Waals surface area contributed by atoms with E-state index in [1.54, 1.807) is 0 Å². The fraction of sp³-hybridized carbons (Fsp3) is 0.348. The number of ether oxygens (including phenoxy) is 2. The number of nitrogens with one attached hydrogen (secondary N) is 2. The average Bonchev–Trinajstić information content (AvgIpc) is 3.74. The van der Waals surface area contributed by atoms with Crippen LogP contribution in [0.5, 0.6) is 0 Å². The molecule has 0 bridgehead atoms. The summed E-state index contributed by atoms with van der Waals surface area (Å²) in [4.78, 5) is 48.0. The molecule has 6 atom stereocenters. The Kier molecular flexibility index (Phi) is 7.05. The van der Waals surface area contributed by atoms with Gasteiger partial charge in [-0.1, -0.05) is 73.7 Å². The number of H-pyrrole nitrogens is 2. The van der Waals surface area contributed by atoms with Gasteiger partial charge < -0.3 is 19.4 Å². The maximum atomic E-state index is 13.4. The maximum Gasteiger partial charge on any atom is 0.411 e. The van der Waals surface area contributed by atoms with E-state index in [4.69, 9.17) is 19.4 Å². The van der Waals surface area contributed by atoms with Crippen molar-refractivity contribution >= 4 is 55.8 Å². The Bertz CT molecular complexity index is 2750. The summed E-state index contributed by atoms with van der Waals surface area (Å²) in [5.74, 6) is 2.14. The molecule has 5 aromatic carbocycles. The smallest absolute Gasteiger partial charge is 0.411 e. The van der Waals surface area contributed by atoms with Gasteiger partial charge in [0.05, 0.1) is 34.2 Å². The van der Waals surface area contributed by atoms with Gasteiger partial charge in [-0.25, -0.2) is 19.6 Å². The number of hydrogen-bond donors (Lipinski definition) is 2. The van der Waals surface area contributed by atoms with E-state index in [9.17, 15) is 9.59 Å². The first-order valence-electron chi connectivity index (χ1n) is 19.9. The molecule has 0 spiro atoms. The molecule has 2 aromatic heterocycles. The van der Waals surface area contributed by atoms with Crippen LogP contribution < -0.4 is 0 Å². The second-order valence-electron chi connectivity index (χ2n) is 17.8. The normalized spacial score (nSPS) is 25.2. The summed E-state index contributed by atoms with van der Waals surface area (Å²) in [6.07, 6.45) is 3.26. The van der Waals surface area contributed by atoms with Gasteiger partial charge in [0, 0.05) is 22.9 Å². The lowest BCUT2D eigenvalue weighted by atomic mass is 9.98. The molecule has 0 radical (unpaired) electrons. The van der Waals surface area contributed by atoms with Crippen LogP contribution in [0.4, 0.5) is 9.59 Å². The van der Waals surface area contributed by atoms with E-state index in [1.807, 2.05) is 60.9 Å². The molecule has 10 nitrogen and oxygen atoms in total. The van der Waals surface area contributed by atoms with Crippen molar-refractivity contribution in [2.45, 2.75) is 89.8 Å². The first-order valence-corrected chi connectivity index (χ1v) is 19.9. The van der Waals surface area contributed by atoms with Crippen LogP contribution in [0.1, 0.15) is 82.7 Å². The van der Waals surface area contributed by atoms with Crippen molar-refractivity contribution < 1.29 is 19.1 Å². The van der Waals surface area contributed by atoms with E-state index in [-0.39, 0.29) is 48.4 Å². The number of nitrogens with zero attached hydrogens (tertiary/aromatic N) is 4. The van der Waals surface area contributed by atoms with Crippen molar-refractivity contribution in [1.82, 2.24) is 29.7 Å². The SMILES string of the molecule is CC(C)(C)OC(=O)N1C2CC2(C)C[C@H]1c1nc2c(ccc3cc(-c4ccc5c(ccc6[nH]c([C@@H]7C[C@H]8C[C@H]8N7C(=O)OCc7ccccc7)nc65)c4)ccc32)[nH]1. The molecule has 11 rings (SSSR count). The van der Waals surface area contributed by atoms with Gasteiger partial charge in [-0.15, -0.1) is 0 Å². The molecule has 2 aliphatic heterocycles. The highest BCUT2D eigenvalue weighted by atomic mass is 16.6. The van der Waals surface area contributed by atoms with Gasteiger partial charge in [0.15, 0.2) is 0 Å². The number of piperidine rings is 2. The summed E-state index contributed by atoms with van der Waals surface area (Å²) in [5.41, 5.74) is 6.52. The molecule has 2 aliphatic carbocycles. The Labute approximate surface area is 324 Å². The van der Waals surface area contributed by atoms with Crippen molar-refractivity contribution in [3.05, 3.63) is 108 Å². The van der Waals surface area contributed by atoms with Crippen molar-refractivity contribution in [3.8, 4) is 11.1 Å². The maximum absolute atomic E-state index is 13.4. The van der Waals surface area contributed by atoms with E-state index in [2.05, 4.69) is 77.6 Å². The first kappa shape index (κ1) is 33.4. The summed E-state index contributed by atoms with van der Waals surface area (Å²) in [5, 5.41) is 4.35. The molecular weight excluding hydrogens is 701 g/mol. The number of benzene rings is 5. The minimum atomic E-state index is -0.559. The number of amides is 2. The number of aromatic amines is 2. The van der Waals surface area contributed by atoms with Crippen LogP contribution in [0.2, 0.25) is 0 Å². The van der Waals surface area contributed by atoms with Gasteiger partial charge in [-0.3, -0.25) is 9.80 Å². The second kappa shape index (κ2) is 11.8. The molecule has 2 saturated carbocycles. The van der Waals surface area contributed by atoms with Gasteiger partial charge in [0.25, 0.3) is 0 Å². The van der Waals surface area contributed by atoms with Crippen molar-refractivity contribution in [3.63, 3.8) is 0 Å². The van der Waals surface area contributed by atoms with E-state index in [0.717, 1.165) is 97.6 Å². The molecule has 2 N–H and O–H groups in total. The molecule has 4 aliphatic rings. The molecule has 2 saturated heterocycles. The molecule has 282 valence electrons. The minimum absolute atomic E-state index is 0.110. The van der Waals surface area contributed by atoms with Crippen LogP contribution in [-0.2, 0) is 16.1 Å². The highest BCUT2D eigenvalue weighted by Crippen LogP contribution is 2.63. The monoisotopic (exact) mass is 744 g/mol. The first-order chi connectivity index (χ1) is 27.0. The Morgan fingerprint density at radius 1 is 0.750 bits per heavy atom. The van der Waals surface area contributed by atoms with Crippen molar-refractivity contribution in [2.24, 2.45) is 11.3 Å². The van der Waals surface area contributed by atoms with Crippen molar-refractivity contribution in [2.75, 3.05) is 0 Å². The van der Waals surface area contributed by atoms with Gasteiger partial charge in [0.2, 0.25) is 0 Å². The molecule has 10 heteroatoms. The molecule has 2 unspecified atom stereocenters. The van der Waals surface area contributed by atoms with Crippen LogP contribution in [0.25, 0.3) is 54.7 Å². The minimum Gasteiger partial charge on any atom is -0.445 e. The predicted octanol–water partition coefficient (Wildman–Crippen LogP) is 10.3. The van der Waals surface area contributed by atoms with E-state index >= 15 is 0 Å². The Morgan fingerprint density at radius 2 is 1.38 bits per heavy atom. The molecular formula is C46H44N6O4. The fourth-order valence-electron chi connectivity index (χ4n) is 9.66.